The van der Waals surface area contributed by atoms with Crippen LogP contribution in [0.4, 0.5) is 0 Å². The molecular formula is C18H13N7. The molecule has 4 rings (SSSR count). The Balaban J connectivity index is 1.63. The molecule has 0 spiro atoms. The highest BCUT2D eigenvalue weighted by Crippen LogP contribution is 2.19. The molecule has 0 atom stereocenters. The van der Waals surface area contributed by atoms with E-state index in [2.05, 4.69) is 26.5 Å². The molecule has 0 saturated heterocycles. The molecule has 0 aliphatic carbocycles. The van der Waals surface area contributed by atoms with E-state index in [-0.39, 0.29) is 0 Å². The third kappa shape index (κ3) is 3.01. The molecule has 0 bridgehead atoms. The molecule has 7 nitrogen and oxygen atoms in total. The van der Waals surface area contributed by atoms with Crippen LogP contribution in [0.5, 0.6) is 0 Å². The van der Waals surface area contributed by atoms with Crippen LogP contribution in [-0.4, -0.2) is 29.8 Å². The van der Waals surface area contributed by atoms with Crippen molar-refractivity contribution in [3.05, 3.63) is 78.5 Å². The minimum absolute atomic E-state index is 0.557. The van der Waals surface area contributed by atoms with E-state index in [0.29, 0.717) is 12.1 Å². The maximum absolute atomic E-state index is 9.03. The highest BCUT2D eigenvalue weighted by Gasteiger charge is 2.09. The van der Waals surface area contributed by atoms with Crippen molar-refractivity contribution < 1.29 is 0 Å². The molecule has 25 heavy (non-hydrogen) atoms. The van der Waals surface area contributed by atoms with Crippen molar-refractivity contribution in [1.82, 2.24) is 29.8 Å². The van der Waals surface area contributed by atoms with Crippen molar-refractivity contribution in [3.63, 3.8) is 0 Å². The molecule has 0 N–H and O–H groups in total. The molecule has 0 unspecified atom stereocenters. The summed E-state index contributed by atoms with van der Waals surface area (Å²) >= 11 is 0. The van der Waals surface area contributed by atoms with Crippen LogP contribution in [0, 0.1) is 11.3 Å². The smallest absolute Gasteiger partial charge is 0.138 e. The second kappa shape index (κ2) is 6.37. The van der Waals surface area contributed by atoms with Crippen molar-refractivity contribution in [2.24, 2.45) is 0 Å². The zero-order valence-corrected chi connectivity index (χ0v) is 13.2. The zero-order chi connectivity index (χ0) is 17.1. The lowest BCUT2D eigenvalue weighted by atomic mass is 10.1. The second-order valence-electron chi connectivity index (χ2n) is 5.46. The number of hydrogen-bond donors (Lipinski definition) is 0. The van der Waals surface area contributed by atoms with Gasteiger partial charge >= 0.3 is 0 Å². The molecule has 0 radical (unpaired) electrons. The van der Waals surface area contributed by atoms with Gasteiger partial charge in [-0.2, -0.15) is 10.4 Å². The van der Waals surface area contributed by atoms with Gasteiger partial charge in [0.25, 0.3) is 0 Å². The molecule has 2 aromatic heterocycles. The summed E-state index contributed by atoms with van der Waals surface area (Å²) in [5.74, 6) is 0. The van der Waals surface area contributed by atoms with E-state index >= 15 is 0 Å². The second-order valence-corrected chi connectivity index (χ2v) is 5.46. The molecule has 120 valence electrons. The Morgan fingerprint density at radius 1 is 1.08 bits per heavy atom. The molecule has 0 saturated carbocycles. The lowest BCUT2D eigenvalue weighted by Crippen LogP contribution is -2.06. The Hall–Kier alpha value is -3.79. The number of para-hydroxylation sites is 1. The fraction of sp³-hybridized carbons (Fsp3) is 0.0556. The molecule has 2 heterocycles. The maximum atomic E-state index is 9.03. The Morgan fingerprint density at radius 3 is 2.84 bits per heavy atom. The number of rotatable bonds is 4. The SMILES string of the molecule is N#Cc1cccc(-c2cn(Cc3ccccc3-n3cncn3)nn2)c1. The van der Waals surface area contributed by atoms with E-state index in [1.54, 1.807) is 27.8 Å². The lowest BCUT2D eigenvalue weighted by Gasteiger charge is -2.08. The van der Waals surface area contributed by atoms with Crippen molar-refractivity contribution in [3.8, 4) is 23.0 Å². The highest BCUT2D eigenvalue weighted by molar-refractivity contribution is 5.60. The summed E-state index contributed by atoms with van der Waals surface area (Å²) < 4.78 is 3.49. The van der Waals surface area contributed by atoms with Crippen LogP contribution in [-0.2, 0) is 6.54 Å². The van der Waals surface area contributed by atoms with Gasteiger partial charge in [0.05, 0.1) is 30.1 Å². The molecule has 0 aliphatic heterocycles. The molecule has 2 aromatic carbocycles. The minimum atomic E-state index is 0.557. The van der Waals surface area contributed by atoms with Crippen molar-refractivity contribution in [2.45, 2.75) is 6.54 Å². The fourth-order valence-electron chi connectivity index (χ4n) is 2.63. The number of aromatic nitrogens is 6. The first-order valence-corrected chi connectivity index (χ1v) is 7.67. The number of hydrogen-bond acceptors (Lipinski definition) is 5. The third-order valence-electron chi connectivity index (χ3n) is 3.82. The monoisotopic (exact) mass is 327 g/mol. The summed E-state index contributed by atoms with van der Waals surface area (Å²) in [4.78, 5) is 4.00. The third-order valence-corrected chi connectivity index (χ3v) is 3.82. The van der Waals surface area contributed by atoms with Crippen molar-refractivity contribution in [2.75, 3.05) is 0 Å². The van der Waals surface area contributed by atoms with Crippen LogP contribution >= 0.6 is 0 Å². The lowest BCUT2D eigenvalue weighted by molar-refractivity contribution is 0.645. The summed E-state index contributed by atoms with van der Waals surface area (Å²) in [6.45, 7) is 0.557. The molecule has 4 aromatic rings. The summed E-state index contributed by atoms with van der Waals surface area (Å²) in [5, 5.41) is 21.6. The standard InChI is InChI=1S/C18H13N7/c19-9-14-4-3-6-15(8-14)17-11-24(23-22-17)10-16-5-1-2-7-18(16)25-13-20-12-21-25/h1-8,11-13H,10H2. The van der Waals surface area contributed by atoms with Crippen LogP contribution in [0.25, 0.3) is 16.9 Å². The van der Waals surface area contributed by atoms with Gasteiger partial charge in [-0.05, 0) is 23.8 Å². The minimum Gasteiger partial charge on any atom is -0.247 e. The first-order valence-electron chi connectivity index (χ1n) is 7.67. The van der Waals surface area contributed by atoms with Gasteiger partial charge in [0.1, 0.15) is 18.3 Å². The van der Waals surface area contributed by atoms with Gasteiger partial charge in [0.15, 0.2) is 0 Å². The van der Waals surface area contributed by atoms with Gasteiger partial charge in [0.2, 0.25) is 0 Å². The predicted molar refractivity (Wildman–Crippen MR) is 90.6 cm³/mol. The first-order chi connectivity index (χ1) is 12.3. The molecule has 7 heteroatoms. The van der Waals surface area contributed by atoms with Crippen molar-refractivity contribution in [1.29, 1.82) is 5.26 Å². The molecular weight excluding hydrogens is 314 g/mol. The predicted octanol–water partition coefficient (Wildman–Crippen LogP) is 2.45. The van der Waals surface area contributed by atoms with Gasteiger partial charge < -0.3 is 0 Å². The highest BCUT2D eigenvalue weighted by atomic mass is 15.4. The normalized spacial score (nSPS) is 10.5. The van der Waals surface area contributed by atoms with Gasteiger partial charge in [-0.25, -0.2) is 14.3 Å². The largest absolute Gasteiger partial charge is 0.247 e. The van der Waals surface area contributed by atoms with Crippen LogP contribution in [0.15, 0.2) is 67.4 Å². The fourth-order valence-corrected chi connectivity index (χ4v) is 2.63. The average Bonchev–Trinajstić information content (AvgIpc) is 3.34. The average molecular weight is 327 g/mol. The quantitative estimate of drug-likeness (QED) is 0.575. The molecule has 0 aliphatic rings. The van der Waals surface area contributed by atoms with E-state index in [4.69, 9.17) is 5.26 Å². The van der Waals surface area contributed by atoms with Gasteiger partial charge in [-0.1, -0.05) is 35.5 Å². The summed E-state index contributed by atoms with van der Waals surface area (Å²) in [6, 6.07) is 17.4. The van der Waals surface area contributed by atoms with Crippen LogP contribution in [0.3, 0.4) is 0 Å². The Labute approximate surface area is 143 Å². The summed E-state index contributed by atoms with van der Waals surface area (Å²) in [5.41, 5.74) is 4.20. The van der Waals surface area contributed by atoms with E-state index in [9.17, 15) is 0 Å². The summed E-state index contributed by atoms with van der Waals surface area (Å²) in [7, 11) is 0. The van der Waals surface area contributed by atoms with E-state index in [1.807, 2.05) is 42.6 Å². The number of benzene rings is 2. The first kappa shape index (κ1) is 14.8. The van der Waals surface area contributed by atoms with Crippen LogP contribution in [0.2, 0.25) is 0 Å². The zero-order valence-electron chi connectivity index (χ0n) is 13.2. The van der Waals surface area contributed by atoms with Crippen LogP contribution < -0.4 is 0 Å². The molecule has 0 amide bonds. The van der Waals surface area contributed by atoms with E-state index in [0.717, 1.165) is 22.5 Å². The van der Waals surface area contributed by atoms with Crippen molar-refractivity contribution >= 4 is 0 Å². The van der Waals surface area contributed by atoms with E-state index in [1.165, 1.54) is 6.33 Å². The van der Waals surface area contributed by atoms with Gasteiger partial charge in [-0.15, -0.1) is 5.10 Å². The number of nitrogens with zero attached hydrogens (tertiary/aromatic N) is 7. The van der Waals surface area contributed by atoms with Gasteiger partial charge in [-0.3, -0.25) is 0 Å². The Morgan fingerprint density at radius 2 is 2.00 bits per heavy atom. The van der Waals surface area contributed by atoms with Gasteiger partial charge in [0, 0.05) is 5.56 Å². The Kier molecular flexibility index (Phi) is 3.77. The topological polar surface area (TPSA) is 85.2 Å². The molecule has 0 fully saturated rings. The van der Waals surface area contributed by atoms with E-state index < -0.39 is 0 Å². The maximum Gasteiger partial charge on any atom is 0.138 e. The Bertz CT molecular complexity index is 1040. The summed E-state index contributed by atoms with van der Waals surface area (Å²) in [6.07, 6.45) is 5.04. The van der Waals surface area contributed by atoms with Crippen LogP contribution in [0.1, 0.15) is 11.1 Å². The number of nitriles is 1.